The van der Waals surface area contributed by atoms with Crippen molar-refractivity contribution in [2.24, 2.45) is 0 Å². The number of nitrogens with zero attached hydrogens (tertiary/aromatic N) is 3. The van der Waals surface area contributed by atoms with Gasteiger partial charge in [0.1, 0.15) is 5.56 Å². The topological polar surface area (TPSA) is 114 Å². The highest BCUT2D eigenvalue weighted by atomic mass is 16.4. The molecule has 23 heavy (non-hydrogen) atoms. The molecular weight excluding hydrogens is 302 g/mol. The van der Waals surface area contributed by atoms with Gasteiger partial charge in [0, 0.05) is 31.0 Å². The van der Waals surface area contributed by atoms with E-state index in [1.54, 1.807) is 24.5 Å². The Bertz CT molecular complexity index is 1020. The summed E-state index contributed by atoms with van der Waals surface area (Å²) in [6.45, 7) is 0.228. The van der Waals surface area contributed by atoms with Crippen LogP contribution in [0.3, 0.4) is 0 Å². The Morgan fingerprint density at radius 2 is 1.87 bits per heavy atom. The lowest BCUT2D eigenvalue weighted by molar-refractivity contribution is 0.0694. The summed E-state index contributed by atoms with van der Waals surface area (Å²) in [6.07, 6.45) is 7.04. The second-order valence-corrected chi connectivity index (χ2v) is 4.87. The van der Waals surface area contributed by atoms with Gasteiger partial charge in [-0.1, -0.05) is 0 Å². The van der Waals surface area contributed by atoms with Crippen LogP contribution >= 0.6 is 0 Å². The highest BCUT2D eigenvalue weighted by Crippen LogP contribution is 2.11. The van der Waals surface area contributed by atoms with Gasteiger partial charge in [0.15, 0.2) is 11.3 Å². The number of fused-ring (bicyclic) bond motifs is 1. The van der Waals surface area contributed by atoms with E-state index in [1.807, 2.05) is 0 Å². The second kappa shape index (κ2) is 5.41. The zero-order chi connectivity index (χ0) is 16.6. The Hall–Kier alpha value is -3.42. The fourth-order valence-electron chi connectivity index (χ4n) is 2.27. The minimum Gasteiger partial charge on any atom is -0.503 e. The molecule has 0 bridgehead atoms. The lowest BCUT2D eigenvalue weighted by Gasteiger charge is -2.10. The van der Waals surface area contributed by atoms with E-state index in [-0.39, 0.29) is 12.1 Å². The van der Waals surface area contributed by atoms with Gasteiger partial charge in [-0.15, -0.1) is 0 Å². The molecule has 3 aromatic rings. The molecule has 0 aliphatic carbocycles. The number of hydrogen-bond donors (Lipinski definition) is 2. The quantitative estimate of drug-likeness (QED) is 0.719. The van der Waals surface area contributed by atoms with Gasteiger partial charge in [-0.2, -0.15) is 0 Å². The minimum atomic E-state index is -1.47. The number of carboxylic acid groups (broad SMARTS) is 1. The average Bonchev–Trinajstić information content (AvgIpc) is 2.54. The number of aromatic carboxylic acids is 1. The third-order valence-electron chi connectivity index (χ3n) is 3.41. The second-order valence-electron chi connectivity index (χ2n) is 4.87. The zero-order valence-corrected chi connectivity index (χ0v) is 11.7. The first-order valence-corrected chi connectivity index (χ1v) is 6.58. The highest BCUT2D eigenvalue weighted by Gasteiger charge is 2.18. The standard InChI is InChI=1S/C15H11N3O5/c19-12-10(15(22)23)8-17-5-6-18(14(21)11(17)13(12)20)7-9-1-3-16-4-2-9/h1-6,8,20H,7H2,(H,22,23). The first kappa shape index (κ1) is 14.5. The average molecular weight is 313 g/mol. The van der Waals surface area contributed by atoms with Crippen molar-refractivity contribution in [1.29, 1.82) is 0 Å². The molecule has 0 saturated carbocycles. The molecule has 0 aliphatic heterocycles. The van der Waals surface area contributed by atoms with Gasteiger partial charge in [-0.25, -0.2) is 4.79 Å². The van der Waals surface area contributed by atoms with Crippen LogP contribution in [0.15, 0.2) is 52.7 Å². The molecule has 3 aromatic heterocycles. The first-order chi connectivity index (χ1) is 11.0. The van der Waals surface area contributed by atoms with Gasteiger partial charge >= 0.3 is 5.97 Å². The smallest absolute Gasteiger partial charge is 0.341 e. The molecular formula is C15H11N3O5. The summed E-state index contributed by atoms with van der Waals surface area (Å²) in [4.78, 5) is 39.2. The molecule has 0 amide bonds. The lowest BCUT2D eigenvalue weighted by atomic mass is 10.2. The first-order valence-electron chi connectivity index (χ1n) is 6.58. The molecule has 0 aliphatic rings. The van der Waals surface area contributed by atoms with Crippen LogP contribution in [0.5, 0.6) is 5.75 Å². The molecule has 8 nitrogen and oxygen atoms in total. The molecule has 0 fully saturated rings. The van der Waals surface area contributed by atoms with E-state index < -0.39 is 28.3 Å². The van der Waals surface area contributed by atoms with Gasteiger partial charge < -0.3 is 19.2 Å². The number of aromatic nitrogens is 3. The van der Waals surface area contributed by atoms with E-state index in [4.69, 9.17) is 5.11 Å². The zero-order valence-electron chi connectivity index (χ0n) is 11.7. The molecule has 0 aromatic carbocycles. The van der Waals surface area contributed by atoms with Crippen LogP contribution in [0.2, 0.25) is 0 Å². The van der Waals surface area contributed by atoms with Crippen LogP contribution < -0.4 is 11.0 Å². The maximum Gasteiger partial charge on any atom is 0.341 e. The third-order valence-corrected chi connectivity index (χ3v) is 3.41. The molecule has 3 rings (SSSR count). The summed E-state index contributed by atoms with van der Waals surface area (Å²) in [5, 5.41) is 18.9. The van der Waals surface area contributed by atoms with E-state index in [2.05, 4.69) is 4.98 Å². The van der Waals surface area contributed by atoms with Crippen molar-refractivity contribution >= 4 is 11.5 Å². The van der Waals surface area contributed by atoms with Crippen LogP contribution in [-0.4, -0.2) is 30.1 Å². The highest BCUT2D eigenvalue weighted by molar-refractivity contribution is 5.88. The Morgan fingerprint density at radius 3 is 2.52 bits per heavy atom. The van der Waals surface area contributed by atoms with E-state index in [0.717, 1.165) is 16.2 Å². The molecule has 0 unspecified atom stereocenters. The fourth-order valence-corrected chi connectivity index (χ4v) is 2.27. The maximum absolute atomic E-state index is 12.5. The molecule has 8 heteroatoms. The molecule has 0 spiro atoms. The Labute approximate surface area is 128 Å². The van der Waals surface area contributed by atoms with Crippen molar-refractivity contribution in [3.63, 3.8) is 0 Å². The summed E-state index contributed by atoms with van der Waals surface area (Å²) in [7, 11) is 0. The third kappa shape index (κ3) is 2.46. The summed E-state index contributed by atoms with van der Waals surface area (Å²) in [5.41, 5.74) is -1.75. The fraction of sp³-hybridized carbons (Fsp3) is 0.0667. The van der Waals surface area contributed by atoms with Gasteiger partial charge in [-0.05, 0) is 17.7 Å². The number of pyridine rings is 2. The Balaban J connectivity index is 2.22. The predicted octanol–water partition coefficient (Wildman–Crippen LogP) is 0.308. The van der Waals surface area contributed by atoms with Crippen molar-refractivity contribution in [2.75, 3.05) is 0 Å². The molecule has 2 N–H and O–H groups in total. The van der Waals surface area contributed by atoms with Crippen molar-refractivity contribution in [3.8, 4) is 5.75 Å². The monoisotopic (exact) mass is 313 g/mol. The van der Waals surface area contributed by atoms with Crippen molar-refractivity contribution in [3.05, 3.63) is 74.8 Å². The molecule has 0 atom stereocenters. The molecule has 0 radical (unpaired) electrons. The Kier molecular flexibility index (Phi) is 3.41. The number of carbonyl (C=O) groups is 1. The predicted molar refractivity (Wildman–Crippen MR) is 79.9 cm³/mol. The summed E-state index contributed by atoms with van der Waals surface area (Å²) in [6, 6.07) is 3.46. The van der Waals surface area contributed by atoms with Crippen molar-refractivity contribution in [1.82, 2.24) is 14.0 Å². The van der Waals surface area contributed by atoms with E-state index >= 15 is 0 Å². The number of aromatic hydroxyl groups is 1. The Morgan fingerprint density at radius 1 is 1.17 bits per heavy atom. The number of carboxylic acids is 1. The van der Waals surface area contributed by atoms with Crippen LogP contribution in [0.4, 0.5) is 0 Å². The van der Waals surface area contributed by atoms with Gasteiger partial charge in [0.25, 0.3) is 5.56 Å². The molecule has 116 valence electrons. The van der Waals surface area contributed by atoms with Crippen molar-refractivity contribution < 1.29 is 15.0 Å². The number of hydrogen-bond acceptors (Lipinski definition) is 5. The normalized spacial score (nSPS) is 10.8. The van der Waals surface area contributed by atoms with E-state index in [9.17, 15) is 19.5 Å². The minimum absolute atomic E-state index is 0.228. The van der Waals surface area contributed by atoms with Gasteiger partial charge in [0.2, 0.25) is 5.43 Å². The van der Waals surface area contributed by atoms with E-state index in [0.29, 0.717) is 0 Å². The summed E-state index contributed by atoms with van der Waals surface area (Å²) in [5.74, 6) is -2.35. The van der Waals surface area contributed by atoms with Crippen molar-refractivity contribution in [2.45, 2.75) is 6.54 Å². The molecule has 3 heterocycles. The maximum atomic E-state index is 12.5. The van der Waals surface area contributed by atoms with E-state index in [1.165, 1.54) is 17.0 Å². The molecule has 0 saturated heterocycles. The summed E-state index contributed by atoms with van der Waals surface area (Å²) < 4.78 is 2.44. The summed E-state index contributed by atoms with van der Waals surface area (Å²) >= 11 is 0. The van der Waals surface area contributed by atoms with Gasteiger partial charge in [0.05, 0.1) is 6.54 Å². The van der Waals surface area contributed by atoms with Crippen LogP contribution in [0.25, 0.3) is 5.52 Å². The largest absolute Gasteiger partial charge is 0.503 e. The van der Waals surface area contributed by atoms with Crippen LogP contribution in [0, 0.1) is 0 Å². The number of rotatable bonds is 3. The van der Waals surface area contributed by atoms with Crippen LogP contribution in [-0.2, 0) is 6.54 Å². The SMILES string of the molecule is O=C(O)c1cn2ccn(Cc3ccncc3)c(=O)c2c(O)c1=O. The van der Waals surface area contributed by atoms with Crippen LogP contribution in [0.1, 0.15) is 15.9 Å². The van der Waals surface area contributed by atoms with Gasteiger partial charge in [-0.3, -0.25) is 14.6 Å². The lowest BCUT2D eigenvalue weighted by Crippen LogP contribution is -2.26.